The van der Waals surface area contributed by atoms with Crippen LogP contribution in [0.2, 0.25) is 0 Å². The van der Waals surface area contributed by atoms with E-state index in [9.17, 15) is 9.59 Å². The highest BCUT2D eigenvalue weighted by molar-refractivity contribution is 5.92. The van der Waals surface area contributed by atoms with Gasteiger partial charge in [0.05, 0.1) is 0 Å². The summed E-state index contributed by atoms with van der Waals surface area (Å²) in [7, 11) is 0. The number of carbonyl (C=O) groups is 2. The molecule has 2 aliphatic heterocycles. The molecule has 2 saturated heterocycles. The number of aromatic nitrogens is 2. The Morgan fingerprint density at radius 1 is 1.13 bits per heavy atom. The maximum atomic E-state index is 12.5. The molecule has 3 fully saturated rings. The minimum absolute atomic E-state index is 0.0441. The molecule has 3 heterocycles. The van der Waals surface area contributed by atoms with E-state index in [0.29, 0.717) is 44.4 Å². The number of hydrogen-bond donors (Lipinski definition) is 1. The molecule has 4 rings (SSSR count). The first-order valence-electron chi connectivity index (χ1n) is 8.47. The van der Waals surface area contributed by atoms with Gasteiger partial charge in [0.1, 0.15) is 11.8 Å². The minimum Gasteiger partial charge on any atom is -0.368 e. The number of nitrogens with zero attached hydrogens (tertiary/aromatic N) is 3. The Labute approximate surface area is 135 Å². The van der Waals surface area contributed by atoms with Crippen LogP contribution in [-0.4, -0.2) is 70.7 Å². The maximum Gasteiger partial charge on any atom is 0.274 e. The molecule has 1 saturated carbocycles. The number of carbonyl (C=O) groups excluding carboxylic acids is 2. The molecule has 7 nitrogen and oxygen atoms in total. The van der Waals surface area contributed by atoms with E-state index < -0.39 is 0 Å². The first-order valence-corrected chi connectivity index (χ1v) is 8.47. The maximum absolute atomic E-state index is 12.5. The van der Waals surface area contributed by atoms with Crippen LogP contribution in [0.15, 0.2) is 6.07 Å². The van der Waals surface area contributed by atoms with Crippen LogP contribution in [0.1, 0.15) is 47.8 Å². The Balaban J connectivity index is 1.33. The van der Waals surface area contributed by atoms with E-state index in [1.165, 1.54) is 12.8 Å². The van der Waals surface area contributed by atoms with Crippen molar-refractivity contribution >= 4 is 11.8 Å². The molecular formula is C16H22N4O3. The van der Waals surface area contributed by atoms with Crippen LogP contribution in [0.25, 0.3) is 0 Å². The summed E-state index contributed by atoms with van der Waals surface area (Å²) in [6, 6.07) is 1.88. The van der Waals surface area contributed by atoms with Gasteiger partial charge in [-0.2, -0.15) is 5.10 Å². The van der Waals surface area contributed by atoms with Crippen molar-refractivity contribution in [2.75, 3.05) is 32.8 Å². The summed E-state index contributed by atoms with van der Waals surface area (Å²) in [6.45, 7) is 2.94. The molecule has 1 aromatic rings. The van der Waals surface area contributed by atoms with Gasteiger partial charge in [0, 0.05) is 44.4 Å². The number of hydrogen-bond acceptors (Lipinski definition) is 4. The highest BCUT2D eigenvalue weighted by Crippen LogP contribution is 2.39. The Morgan fingerprint density at radius 3 is 2.52 bits per heavy atom. The lowest BCUT2D eigenvalue weighted by atomic mass is 10.2. The molecule has 1 atom stereocenters. The fraction of sp³-hybridized carbons (Fsp3) is 0.688. The molecule has 0 unspecified atom stereocenters. The van der Waals surface area contributed by atoms with Crippen LogP contribution in [-0.2, 0) is 9.53 Å². The second-order valence-electron chi connectivity index (χ2n) is 6.60. The largest absolute Gasteiger partial charge is 0.368 e. The molecule has 1 N–H and O–H groups in total. The molecule has 124 valence electrons. The van der Waals surface area contributed by atoms with Gasteiger partial charge in [0.25, 0.3) is 11.8 Å². The van der Waals surface area contributed by atoms with Gasteiger partial charge in [-0.3, -0.25) is 14.7 Å². The van der Waals surface area contributed by atoms with Crippen molar-refractivity contribution in [1.29, 1.82) is 0 Å². The van der Waals surface area contributed by atoms with Crippen LogP contribution in [0.4, 0.5) is 0 Å². The monoisotopic (exact) mass is 318 g/mol. The molecule has 0 spiro atoms. The Kier molecular flexibility index (Phi) is 3.80. The minimum atomic E-state index is -0.273. The molecule has 0 bridgehead atoms. The number of H-pyrrole nitrogens is 1. The van der Waals surface area contributed by atoms with Gasteiger partial charge in [-0.25, -0.2) is 0 Å². The van der Waals surface area contributed by atoms with Crippen molar-refractivity contribution in [3.8, 4) is 0 Å². The van der Waals surface area contributed by atoms with Crippen molar-refractivity contribution in [1.82, 2.24) is 20.0 Å². The van der Waals surface area contributed by atoms with Crippen molar-refractivity contribution in [3.05, 3.63) is 17.5 Å². The van der Waals surface area contributed by atoms with E-state index >= 15 is 0 Å². The molecule has 3 aliphatic rings. The average molecular weight is 318 g/mol. The summed E-state index contributed by atoms with van der Waals surface area (Å²) in [5, 5.41) is 7.13. The summed E-state index contributed by atoms with van der Waals surface area (Å²) in [5.41, 5.74) is 1.56. The first-order chi connectivity index (χ1) is 11.2. The van der Waals surface area contributed by atoms with Gasteiger partial charge < -0.3 is 14.5 Å². The van der Waals surface area contributed by atoms with Gasteiger partial charge >= 0.3 is 0 Å². The summed E-state index contributed by atoms with van der Waals surface area (Å²) in [5.74, 6) is 0.590. The lowest BCUT2D eigenvalue weighted by Gasteiger charge is -2.35. The fourth-order valence-electron chi connectivity index (χ4n) is 3.32. The summed E-state index contributed by atoms with van der Waals surface area (Å²) in [4.78, 5) is 28.4. The van der Waals surface area contributed by atoms with E-state index in [1.807, 2.05) is 11.0 Å². The molecule has 7 heteroatoms. The van der Waals surface area contributed by atoms with Gasteiger partial charge in [0.15, 0.2) is 0 Å². The highest BCUT2D eigenvalue weighted by Gasteiger charge is 2.32. The van der Waals surface area contributed by atoms with Gasteiger partial charge in [0.2, 0.25) is 0 Å². The molecule has 1 aliphatic carbocycles. The van der Waals surface area contributed by atoms with Crippen LogP contribution >= 0.6 is 0 Å². The zero-order chi connectivity index (χ0) is 15.8. The molecule has 2 amide bonds. The molecular weight excluding hydrogens is 296 g/mol. The third-order valence-electron chi connectivity index (χ3n) is 4.92. The van der Waals surface area contributed by atoms with Crippen LogP contribution in [0, 0.1) is 0 Å². The Hall–Kier alpha value is -1.89. The predicted molar refractivity (Wildman–Crippen MR) is 82.0 cm³/mol. The number of nitrogens with one attached hydrogen (secondary N) is 1. The lowest BCUT2D eigenvalue weighted by molar-refractivity contribution is -0.142. The van der Waals surface area contributed by atoms with E-state index in [4.69, 9.17) is 4.74 Å². The third-order valence-corrected chi connectivity index (χ3v) is 4.92. The zero-order valence-electron chi connectivity index (χ0n) is 13.2. The SMILES string of the molecule is O=C(c1cc(C2CC2)[nH]n1)N1CCN(C(=O)[C@@H]2CCCO2)CC1. The smallest absolute Gasteiger partial charge is 0.274 e. The van der Waals surface area contributed by atoms with E-state index in [-0.39, 0.29) is 17.9 Å². The summed E-state index contributed by atoms with van der Waals surface area (Å²) >= 11 is 0. The lowest BCUT2D eigenvalue weighted by Crippen LogP contribution is -2.52. The quantitative estimate of drug-likeness (QED) is 0.892. The second kappa shape index (κ2) is 5.96. The number of piperazine rings is 1. The molecule has 0 aromatic carbocycles. The van der Waals surface area contributed by atoms with Crippen molar-refractivity contribution in [2.24, 2.45) is 0 Å². The van der Waals surface area contributed by atoms with Crippen molar-refractivity contribution in [2.45, 2.75) is 37.7 Å². The number of aromatic amines is 1. The summed E-state index contributed by atoms with van der Waals surface area (Å²) in [6.07, 6.45) is 3.86. The molecule has 1 aromatic heterocycles. The Morgan fingerprint density at radius 2 is 1.87 bits per heavy atom. The van der Waals surface area contributed by atoms with Crippen LogP contribution in [0.5, 0.6) is 0 Å². The van der Waals surface area contributed by atoms with Gasteiger partial charge in [-0.05, 0) is 31.7 Å². The van der Waals surface area contributed by atoms with E-state index in [0.717, 1.165) is 18.5 Å². The second-order valence-corrected chi connectivity index (χ2v) is 6.60. The van der Waals surface area contributed by atoms with Gasteiger partial charge in [-0.15, -0.1) is 0 Å². The Bertz CT molecular complexity index is 596. The van der Waals surface area contributed by atoms with Crippen molar-refractivity contribution < 1.29 is 14.3 Å². The molecule has 23 heavy (non-hydrogen) atoms. The standard InChI is InChI=1S/C16H22N4O3/c21-15(13-10-12(17-18-13)11-3-4-11)19-5-7-20(8-6-19)16(22)14-2-1-9-23-14/h10-11,14H,1-9H2,(H,17,18)/t14-/m0/s1. The summed E-state index contributed by atoms with van der Waals surface area (Å²) < 4.78 is 5.46. The van der Waals surface area contributed by atoms with Gasteiger partial charge in [-0.1, -0.05) is 0 Å². The number of ether oxygens (including phenoxy) is 1. The average Bonchev–Trinajstić information content (AvgIpc) is 3.10. The van der Waals surface area contributed by atoms with Crippen LogP contribution in [0.3, 0.4) is 0 Å². The normalized spacial score (nSPS) is 25.0. The highest BCUT2D eigenvalue weighted by atomic mass is 16.5. The van der Waals surface area contributed by atoms with E-state index in [1.54, 1.807) is 4.90 Å². The molecule has 0 radical (unpaired) electrons. The van der Waals surface area contributed by atoms with Crippen LogP contribution < -0.4 is 0 Å². The number of rotatable bonds is 3. The predicted octanol–water partition coefficient (Wildman–Crippen LogP) is 0.750. The third kappa shape index (κ3) is 2.97. The van der Waals surface area contributed by atoms with Crippen molar-refractivity contribution in [3.63, 3.8) is 0 Å². The topological polar surface area (TPSA) is 78.5 Å². The number of amides is 2. The van der Waals surface area contributed by atoms with E-state index in [2.05, 4.69) is 10.2 Å². The zero-order valence-corrected chi connectivity index (χ0v) is 13.2. The first kappa shape index (κ1) is 14.7. The fourth-order valence-corrected chi connectivity index (χ4v) is 3.32.